The van der Waals surface area contributed by atoms with Crippen molar-refractivity contribution in [2.45, 2.75) is 30.3 Å². The maximum absolute atomic E-state index is 12.6. The lowest BCUT2D eigenvalue weighted by molar-refractivity contribution is 0.0731. The lowest BCUT2D eigenvalue weighted by Crippen LogP contribution is -2.32. The van der Waals surface area contributed by atoms with Crippen LogP contribution in [0.3, 0.4) is 0 Å². The molecular formula is C15H15NOS2. The molecule has 3 rings (SSSR count). The number of rotatable bonds is 4. The van der Waals surface area contributed by atoms with Gasteiger partial charge in [-0.1, -0.05) is 12.1 Å². The van der Waals surface area contributed by atoms with Crippen LogP contribution in [-0.2, 0) is 6.54 Å². The summed E-state index contributed by atoms with van der Waals surface area (Å²) in [6.45, 7) is 0.720. The Bertz CT molecular complexity index is 576. The van der Waals surface area contributed by atoms with Crippen LogP contribution in [-0.4, -0.2) is 16.8 Å². The van der Waals surface area contributed by atoms with E-state index in [1.54, 1.807) is 11.3 Å². The van der Waals surface area contributed by atoms with Gasteiger partial charge in [-0.05, 0) is 42.5 Å². The second kappa shape index (κ2) is 5.39. The van der Waals surface area contributed by atoms with Gasteiger partial charge in [-0.25, -0.2) is 0 Å². The number of amides is 1. The van der Waals surface area contributed by atoms with Gasteiger partial charge < -0.3 is 4.90 Å². The zero-order valence-electron chi connectivity index (χ0n) is 10.5. The monoisotopic (exact) mass is 289 g/mol. The van der Waals surface area contributed by atoms with Crippen molar-refractivity contribution in [2.24, 2.45) is 0 Å². The van der Waals surface area contributed by atoms with Gasteiger partial charge >= 0.3 is 0 Å². The Hall–Kier alpha value is -1.26. The first-order chi connectivity index (χ1) is 9.24. The Kier molecular flexibility index (Phi) is 3.62. The Labute approximate surface area is 122 Å². The Morgan fingerprint density at radius 1 is 1.32 bits per heavy atom. The van der Waals surface area contributed by atoms with Crippen LogP contribution in [0.2, 0.25) is 0 Å². The van der Waals surface area contributed by atoms with Gasteiger partial charge in [0, 0.05) is 21.4 Å². The van der Waals surface area contributed by atoms with Gasteiger partial charge in [-0.2, -0.15) is 0 Å². The fraction of sp³-hybridized carbons (Fsp3) is 0.267. The van der Waals surface area contributed by atoms with E-state index in [1.807, 2.05) is 35.2 Å². The van der Waals surface area contributed by atoms with E-state index in [-0.39, 0.29) is 5.91 Å². The standard InChI is InChI=1S/C15H15NOS2/c17-15(11-3-1-4-13(18)9-11)16(12-6-7-12)10-14-5-2-8-19-14/h1-5,8-9,12,18H,6-7,10H2. The van der Waals surface area contributed by atoms with Crippen molar-refractivity contribution >= 4 is 29.9 Å². The summed E-state index contributed by atoms with van der Waals surface area (Å²) in [6.07, 6.45) is 2.25. The molecule has 2 aromatic rings. The summed E-state index contributed by atoms with van der Waals surface area (Å²) in [5.74, 6) is 0.117. The van der Waals surface area contributed by atoms with E-state index in [9.17, 15) is 4.79 Å². The summed E-state index contributed by atoms with van der Waals surface area (Å²) >= 11 is 6.01. The molecule has 1 aromatic heterocycles. The zero-order valence-corrected chi connectivity index (χ0v) is 12.2. The summed E-state index contributed by atoms with van der Waals surface area (Å²) in [6, 6.07) is 12.0. The van der Waals surface area contributed by atoms with Gasteiger partial charge in [0.15, 0.2) is 0 Å². The Morgan fingerprint density at radius 3 is 2.79 bits per heavy atom. The molecule has 1 fully saturated rings. The van der Waals surface area contributed by atoms with Crippen molar-refractivity contribution in [3.8, 4) is 0 Å². The largest absolute Gasteiger partial charge is 0.331 e. The smallest absolute Gasteiger partial charge is 0.254 e. The molecule has 0 unspecified atom stereocenters. The highest BCUT2D eigenvalue weighted by atomic mass is 32.1. The minimum absolute atomic E-state index is 0.117. The van der Waals surface area contributed by atoms with Crippen molar-refractivity contribution < 1.29 is 4.79 Å². The van der Waals surface area contributed by atoms with E-state index in [4.69, 9.17) is 0 Å². The number of carbonyl (C=O) groups is 1. The minimum Gasteiger partial charge on any atom is -0.331 e. The van der Waals surface area contributed by atoms with E-state index < -0.39 is 0 Å². The van der Waals surface area contributed by atoms with Crippen LogP contribution in [0.4, 0.5) is 0 Å². The summed E-state index contributed by atoms with van der Waals surface area (Å²) in [5, 5.41) is 2.05. The molecule has 1 aromatic carbocycles. The maximum Gasteiger partial charge on any atom is 0.254 e. The number of thiol groups is 1. The molecule has 4 heteroatoms. The minimum atomic E-state index is 0.117. The highest BCUT2D eigenvalue weighted by molar-refractivity contribution is 7.80. The first-order valence-electron chi connectivity index (χ1n) is 6.36. The van der Waals surface area contributed by atoms with Gasteiger partial charge in [-0.3, -0.25) is 4.79 Å². The quantitative estimate of drug-likeness (QED) is 0.848. The number of nitrogens with zero attached hydrogens (tertiary/aromatic N) is 1. The molecule has 0 atom stereocenters. The molecule has 0 bridgehead atoms. The van der Waals surface area contributed by atoms with Crippen molar-refractivity contribution in [3.63, 3.8) is 0 Å². The summed E-state index contributed by atoms with van der Waals surface area (Å²) in [7, 11) is 0. The lowest BCUT2D eigenvalue weighted by Gasteiger charge is -2.22. The second-order valence-electron chi connectivity index (χ2n) is 4.79. The van der Waals surface area contributed by atoms with E-state index in [0.29, 0.717) is 6.04 Å². The van der Waals surface area contributed by atoms with Crippen LogP contribution in [0.15, 0.2) is 46.7 Å². The van der Waals surface area contributed by atoms with Gasteiger partial charge in [0.05, 0.1) is 6.54 Å². The maximum atomic E-state index is 12.6. The number of benzene rings is 1. The molecule has 1 amide bonds. The highest BCUT2D eigenvalue weighted by Crippen LogP contribution is 2.30. The average molecular weight is 289 g/mol. The van der Waals surface area contributed by atoms with Gasteiger partial charge in [0.2, 0.25) is 0 Å². The van der Waals surface area contributed by atoms with Crippen LogP contribution >= 0.6 is 24.0 Å². The topological polar surface area (TPSA) is 20.3 Å². The molecule has 0 aliphatic heterocycles. The summed E-state index contributed by atoms with van der Waals surface area (Å²) < 4.78 is 0. The molecule has 1 aliphatic rings. The first-order valence-corrected chi connectivity index (χ1v) is 7.69. The second-order valence-corrected chi connectivity index (χ2v) is 6.34. The van der Waals surface area contributed by atoms with Crippen LogP contribution in [0.25, 0.3) is 0 Å². The predicted molar refractivity (Wildman–Crippen MR) is 80.9 cm³/mol. The normalized spacial score (nSPS) is 14.4. The Morgan fingerprint density at radius 2 is 2.16 bits per heavy atom. The fourth-order valence-corrected chi connectivity index (χ4v) is 3.06. The SMILES string of the molecule is O=C(c1cccc(S)c1)N(Cc1cccs1)C1CC1. The van der Waals surface area contributed by atoms with Crippen molar-refractivity contribution in [3.05, 3.63) is 52.2 Å². The van der Waals surface area contributed by atoms with Crippen LogP contribution in [0, 0.1) is 0 Å². The third kappa shape index (κ3) is 3.01. The molecule has 1 saturated carbocycles. The van der Waals surface area contributed by atoms with Gasteiger partial charge in [-0.15, -0.1) is 24.0 Å². The van der Waals surface area contributed by atoms with Crippen LogP contribution < -0.4 is 0 Å². The van der Waals surface area contributed by atoms with E-state index >= 15 is 0 Å². The number of hydrogen-bond acceptors (Lipinski definition) is 3. The molecular weight excluding hydrogens is 274 g/mol. The molecule has 19 heavy (non-hydrogen) atoms. The van der Waals surface area contributed by atoms with Crippen LogP contribution in [0.5, 0.6) is 0 Å². The molecule has 1 aliphatic carbocycles. The Balaban J connectivity index is 1.82. The van der Waals surface area contributed by atoms with E-state index in [0.717, 1.165) is 29.8 Å². The molecule has 0 spiro atoms. The third-order valence-corrected chi connectivity index (χ3v) is 4.39. The van der Waals surface area contributed by atoms with Gasteiger partial charge in [0.25, 0.3) is 5.91 Å². The van der Waals surface area contributed by atoms with Crippen molar-refractivity contribution in [1.82, 2.24) is 4.90 Å². The fourth-order valence-electron chi connectivity index (χ4n) is 2.13. The third-order valence-electron chi connectivity index (χ3n) is 3.25. The van der Waals surface area contributed by atoms with Crippen molar-refractivity contribution in [1.29, 1.82) is 0 Å². The number of carbonyl (C=O) groups excluding carboxylic acids is 1. The van der Waals surface area contributed by atoms with Gasteiger partial charge in [0.1, 0.15) is 0 Å². The highest BCUT2D eigenvalue weighted by Gasteiger charge is 2.33. The zero-order chi connectivity index (χ0) is 13.2. The summed E-state index contributed by atoms with van der Waals surface area (Å²) in [5.41, 5.74) is 0.732. The number of hydrogen-bond donors (Lipinski definition) is 1. The molecule has 0 radical (unpaired) electrons. The predicted octanol–water partition coefficient (Wildman–Crippen LogP) is 3.84. The average Bonchev–Trinajstić information content (AvgIpc) is 3.12. The summed E-state index contributed by atoms with van der Waals surface area (Å²) in [4.78, 5) is 16.7. The molecule has 0 saturated heterocycles. The van der Waals surface area contributed by atoms with E-state index in [2.05, 4.69) is 24.1 Å². The molecule has 1 heterocycles. The lowest BCUT2D eigenvalue weighted by atomic mass is 10.2. The first kappa shape index (κ1) is 12.8. The van der Waals surface area contributed by atoms with Crippen LogP contribution in [0.1, 0.15) is 28.1 Å². The number of thiophene rings is 1. The molecule has 2 nitrogen and oxygen atoms in total. The molecule has 0 N–H and O–H groups in total. The van der Waals surface area contributed by atoms with E-state index in [1.165, 1.54) is 4.88 Å². The van der Waals surface area contributed by atoms with Crippen molar-refractivity contribution in [2.75, 3.05) is 0 Å². The molecule has 98 valence electrons.